The molecule has 1 N–H and O–H groups in total. The van der Waals surface area contributed by atoms with E-state index in [1.54, 1.807) is 12.0 Å². The van der Waals surface area contributed by atoms with Crippen molar-refractivity contribution in [1.82, 2.24) is 5.16 Å². The topological polar surface area (TPSA) is 95.3 Å². The summed E-state index contributed by atoms with van der Waals surface area (Å²) < 4.78 is 28.0. The van der Waals surface area contributed by atoms with Gasteiger partial charge in [-0.2, -0.15) is 0 Å². The molecule has 2 aliphatic rings. The maximum absolute atomic E-state index is 13.8. The van der Waals surface area contributed by atoms with E-state index in [9.17, 15) is 4.79 Å². The summed E-state index contributed by atoms with van der Waals surface area (Å²) in [4.78, 5) is 15.5. The zero-order chi connectivity index (χ0) is 25.5. The van der Waals surface area contributed by atoms with Crippen LogP contribution >= 0.6 is 0 Å². The van der Waals surface area contributed by atoms with E-state index in [-0.39, 0.29) is 12.7 Å². The highest BCUT2D eigenvalue weighted by atomic mass is 16.7. The van der Waals surface area contributed by atoms with Crippen molar-refractivity contribution in [3.63, 3.8) is 0 Å². The van der Waals surface area contributed by atoms with Crippen LogP contribution in [0.15, 0.2) is 65.2 Å². The smallest absolute Gasteiger partial charge is 0.262 e. The van der Waals surface area contributed by atoms with Crippen molar-refractivity contribution in [3.05, 3.63) is 88.8 Å². The van der Waals surface area contributed by atoms with Crippen LogP contribution in [0, 0.1) is 13.8 Å². The number of para-hydroxylation sites is 1. The lowest BCUT2D eigenvalue weighted by molar-refractivity contribution is 0.0975. The Morgan fingerprint density at radius 3 is 2.68 bits per heavy atom. The van der Waals surface area contributed by atoms with E-state index in [1.165, 1.54) is 0 Å². The highest BCUT2D eigenvalue weighted by molar-refractivity contribution is 6.12. The van der Waals surface area contributed by atoms with Crippen LogP contribution in [0.2, 0.25) is 0 Å². The predicted octanol–water partition coefficient (Wildman–Crippen LogP) is 5.38. The van der Waals surface area contributed by atoms with Crippen molar-refractivity contribution >= 4 is 17.3 Å². The third kappa shape index (κ3) is 3.98. The van der Waals surface area contributed by atoms with Gasteiger partial charge in [0.2, 0.25) is 6.79 Å². The molecule has 1 atom stereocenters. The molecule has 0 bridgehead atoms. The summed E-state index contributed by atoms with van der Waals surface area (Å²) in [5.41, 5.74) is 4.53. The maximum Gasteiger partial charge on any atom is 0.262 e. The Kier molecular flexibility index (Phi) is 5.60. The van der Waals surface area contributed by atoms with Crippen LogP contribution in [-0.2, 0) is 6.61 Å². The molecule has 4 aromatic rings. The van der Waals surface area contributed by atoms with Gasteiger partial charge in [-0.05, 0) is 55.8 Å². The standard InChI is InChI=1S/C28H25N3O6/c1-16-21(17(2)37-30-16)14-34-23-10-8-18(12-25(23)33-3)27-29-22-7-5-4-6-20(22)28(32)31(27)19-9-11-24-26(13-19)36-15-35-24/h4-13,27,29H,14-15H2,1-3H3/t27-/m0/s1. The number of hydrogen-bond donors (Lipinski definition) is 1. The first-order valence-electron chi connectivity index (χ1n) is 11.8. The molecule has 1 amide bonds. The first-order valence-corrected chi connectivity index (χ1v) is 11.8. The lowest BCUT2D eigenvalue weighted by Gasteiger charge is -2.38. The fourth-order valence-electron chi connectivity index (χ4n) is 4.62. The van der Waals surface area contributed by atoms with Gasteiger partial charge in [0.1, 0.15) is 18.5 Å². The van der Waals surface area contributed by atoms with E-state index in [4.69, 9.17) is 23.5 Å². The molecule has 0 unspecified atom stereocenters. The van der Waals surface area contributed by atoms with Gasteiger partial charge in [0, 0.05) is 11.8 Å². The van der Waals surface area contributed by atoms with Crippen LogP contribution in [0.25, 0.3) is 0 Å². The average Bonchev–Trinajstić information content (AvgIpc) is 3.52. The number of carbonyl (C=O) groups is 1. The normalized spacial score (nSPS) is 15.8. The van der Waals surface area contributed by atoms with Gasteiger partial charge in [0.25, 0.3) is 5.91 Å². The number of aromatic nitrogens is 1. The minimum atomic E-state index is -0.506. The molecule has 3 heterocycles. The molecule has 188 valence electrons. The van der Waals surface area contributed by atoms with Crippen LogP contribution in [0.3, 0.4) is 0 Å². The van der Waals surface area contributed by atoms with Crippen molar-refractivity contribution < 1.29 is 28.3 Å². The van der Waals surface area contributed by atoms with Gasteiger partial charge in [-0.3, -0.25) is 9.69 Å². The molecule has 0 saturated heterocycles. The summed E-state index contributed by atoms with van der Waals surface area (Å²) in [6.07, 6.45) is -0.506. The van der Waals surface area contributed by atoms with Gasteiger partial charge in [-0.15, -0.1) is 0 Å². The Morgan fingerprint density at radius 2 is 1.86 bits per heavy atom. The van der Waals surface area contributed by atoms with Gasteiger partial charge in [-0.25, -0.2) is 0 Å². The molecule has 2 aliphatic heterocycles. The van der Waals surface area contributed by atoms with Crippen LogP contribution in [0.4, 0.5) is 11.4 Å². The van der Waals surface area contributed by atoms with Gasteiger partial charge in [0.15, 0.2) is 23.0 Å². The van der Waals surface area contributed by atoms with Gasteiger partial charge in [0.05, 0.1) is 29.6 Å². The summed E-state index contributed by atoms with van der Waals surface area (Å²) in [6.45, 7) is 4.19. The molecule has 3 aromatic carbocycles. The third-order valence-corrected chi connectivity index (χ3v) is 6.62. The number of methoxy groups -OCH3 is 1. The van der Waals surface area contributed by atoms with E-state index in [0.717, 1.165) is 28.3 Å². The first-order chi connectivity index (χ1) is 18.0. The van der Waals surface area contributed by atoms with Crippen molar-refractivity contribution in [2.75, 3.05) is 24.1 Å². The summed E-state index contributed by atoms with van der Waals surface area (Å²) in [6, 6.07) is 18.6. The molecule has 0 saturated carbocycles. The van der Waals surface area contributed by atoms with Crippen molar-refractivity contribution in [2.45, 2.75) is 26.6 Å². The number of nitrogens with zero attached hydrogens (tertiary/aromatic N) is 2. The molecule has 9 nitrogen and oxygen atoms in total. The summed E-state index contributed by atoms with van der Waals surface area (Å²) in [5, 5.41) is 7.50. The minimum Gasteiger partial charge on any atom is -0.493 e. The minimum absolute atomic E-state index is 0.129. The Bertz CT molecular complexity index is 1480. The van der Waals surface area contributed by atoms with Gasteiger partial charge in [-0.1, -0.05) is 23.4 Å². The Balaban J connectivity index is 1.37. The largest absolute Gasteiger partial charge is 0.493 e. The lowest BCUT2D eigenvalue weighted by Crippen LogP contribution is -2.43. The predicted molar refractivity (Wildman–Crippen MR) is 135 cm³/mol. The second-order valence-corrected chi connectivity index (χ2v) is 8.81. The summed E-state index contributed by atoms with van der Waals surface area (Å²) >= 11 is 0. The molecular formula is C28H25N3O6. The molecule has 0 fully saturated rings. The second kappa shape index (κ2) is 9.09. The number of ether oxygens (including phenoxy) is 4. The lowest BCUT2D eigenvalue weighted by atomic mass is 10.0. The zero-order valence-electron chi connectivity index (χ0n) is 20.6. The fraction of sp³-hybridized carbons (Fsp3) is 0.214. The zero-order valence-corrected chi connectivity index (χ0v) is 20.6. The van der Waals surface area contributed by atoms with E-state index >= 15 is 0 Å². The number of anilines is 2. The van der Waals surface area contributed by atoms with E-state index in [2.05, 4.69) is 10.5 Å². The number of nitrogens with one attached hydrogen (secondary N) is 1. The number of fused-ring (bicyclic) bond motifs is 2. The van der Waals surface area contributed by atoms with Crippen LogP contribution in [0.5, 0.6) is 23.0 Å². The first kappa shape index (κ1) is 22.8. The number of amides is 1. The molecule has 0 radical (unpaired) electrons. The maximum atomic E-state index is 13.8. The molecule has 6 rings (SSSR count). The number of aryl methyl sites for hydroxylation is 2. The quantitative estimate of drug-likeness (QED) is 0.378. The third-order valence-electron chi connectivity index (χ3n) is 6.62. The molecule has 0 spiro atoms. The highest BCUT2D eigenvalue weighted by Gasteiger charge is 2.35. The van der Waals surface area contributed by atoms with Crippen LogP contribution in [0.1, 0.15) is 39.1 Å². The van der Waals surface area contributed by atoms with Gasteiger partial charge < -0.3 is 28.8 Å². The van der Waals surface area contributed by atoms with Crippen LogP contribution in [-0.4, -0.2) is 25.0 Å². The Morgan fingerprint density at radius 1 is 1.03 bits per heavy atom. The molecular weight excluding hydrogens is 474 g/mol. The molecule has 0 aliphatic carbocycles. The Hall–Kier alpha value is -4.66. The number of hydrogen-bond acceptors (Lipinski definition) is 8. The Labute approximate surface area is 213 Å². The van der Waals surface area contributed by atoms with E-state index in [0.29, 0.717) is 40.9 Å². The average molecular weight is 500 g/mol. The van der Waals surface area contributed by atoms with Crippen molar-refractivity contribution in [3.8, 4) is 23.0 Å². The van der Waals surface area contributed by atoms with E-state index in [1.807, 2.05) is 74.5 Å². The van der Waals surface area contributed by atoms with Crippen LogP contribution < -0.4 is 29.2 Å². The highest BCUT2D eigenvalue weighted by Crippen LogP contribution is 2.42. The number of rotatable bonds is 6. The van der Waals surface area contributed by atoms with Crippen molar-refractivity contribution in [1.29, 1.82) is 0 Å². The molecule has 37 heavy (non-hydrogen) atoms. The number of carbonyl (C=O) groups excluding carboxylic acids is 1. The monoisotopic (exact) mass is 499 g/mol. The summed E-state index contributed by atoms with van der Waals surface area (Å²) in [7, 11) is 1.59. The molecule has 9 heteroatoms. The second-order valence-electron chi connectivity index (χ2n) is 8.81. The van der Waals surface area contributed by atoms with E-state index < -0.39 is 6.17 Å². The SMILES string of the molecule is COc1cc([C@H]2Nc3ccccc3C(=O)N2c2ccc3c(c2)OCO3)ccc1OCc1c(C)noc1C. The van der Waals surface area contributed by atoms with Gasteiger partial charge >= 0.3 is 0 Å². The fourth-order valence-corrected chi connectivity index (χ4v) is 4.62. The summed E-state index contributed by atoms with van der Waals surface area (Å²) in [5.74, 6) is 2.96. The molecule has 1 aromatic heterocycles. The number of benzene rings is 3. The van der Waals surface area contributed by atoms with Crippen molar-refractivity contribution in [2.24, 2.45) is 0 Å².